The van der Waals surface area contributed by atoms with Crippen LogP contribution in [0.5, 0.6) is 5.75 Å². The van der Waals surface area contributed by atoms with E-state index in [9.17, 15) is 9.59 Å². The van der Waals surface area contributed by atoms with Crippen LogP contribution in [-0.2, 0) is 4.79 Å². The Labute approximate surface area is 223 Å². The Hall–Kier alpha value is -3.40. The molecule has 3 heterocycles. The number of aromatic nitrogens is 2. The van der Waals surface area contributed by atoms with Gasteiger partial charge < -0.3 is 30.5 Å². The number of fused-ring (bicyclic) bond motifs is 1. The third-order valence-electron chi connectivity index (χ3n) is 8.58. The van der Waals surface area contributed by atoms with Crippen LogP contribution >= 0.6 is 0 Å². The first-order valence-electron chi connectivity index (χ1n) is 13.9. The van der Waals surface area contributed by atoms with Gasteiger partial charge in [0.05, 0.1) is 24.4 Å². The summed E-state index contributed by atoms with van der Waals surface area (Å²) in [5.41, 5.74) is 1.68. The molecular formula is C28H37N7O3. The lowest BCUT2D eigenvalue weighted by atomic mass is 10.0. The molecular weight excluding hydrogens is 482 g/mol. The van der Waals surface area contributed by atoms with E-state index >= 15 is 0 Å². The predicted octanol–water partition coefficient (Wildman–Crippen LogP) is 3.22. The number of methoxy groups -OCH3 is 1. The summed E-state index contributed by atoms with van der Waals surface area (Å²) in [6, 6.07) is 5.88. The number of hydrogen-bond donors (Lipinski definition) is 3. The van der Waals surface area contributed by atoms with E-state index in [0.29, 0.717) is 35.5 Å². The predicted molar refractivity (Wildman–Crippen MR) is 146 cm³/mol. The van der Waals surface area contributed by atoms with Crippen LogP contribution < -0.4 is 30.5 Å². The highest BCUT2D eigenvalue weighted by Crippen LogP contribution is 2.52. The summed E-state index contributed by atoms with van der Waals surface area (Å²) in [5.74, 6) is 1.84. The first-order valence-corrected chi connectivity index (χ1v) is 13.9. The number of amides is 2. The van der Waals surface area contributed by atoms with E-state index in [0.717, 1.165) is 63.1 Å². The second kappa shape index (κ2) is 10.1. The molecule has 4 aliphatic rings. The zero-order valence-electron chi connectivity index (χ0n) is 22.3. The molecule has 3 N–H and O–H groups in total. The average Bonchev–Trinajstić information content (AvgIpc) is 3.55. The Morgan fingerprint density at radius 1 is 1.18 bits per heavy atom. The van der Waals surface area contributed by atoms with E-state index in [1.54, 1.807) is 30.3 Å². The van der Waals surface area contributed by atoms with Crippen molar-refractivity contribution in [2.45, 2.75) is 63.5 Å². The fraction of sp³-hybridized carbons (Fsp3) is 0.571. The van der Waals surface area contributed by atoms with Crippen LogP contribution in [0.4, 0.5) is 23.1 Å². The number of piperidine rings is 1. The highest BCUT2D eigenvalue weighted by atomic mass is 16.5. The summed E-state index contributed by atoms with van der Waals surface area (Å²) >= 11 is 0. The van der Waals surface area contributed by atoms with Crippen LogP contribution in [0.3, 0.4) is 0 Å². The number of carbonyl (C=O) groups excluding carboxylic acids is 2. The average molecular weight is 520 g/mol. The van der Waals surface area contributed by atoms with Crippen LogP contribution in [0.1, 0.15) is 61.7 Å². The van der Waals surface area contributed by atoms with Gasteiger partial charge in [0.25, 0.3) is 5.91 Å². The second-order valence-corrected chi connectivity index (χ2v) is 11.2. The summed E-state index contributed by atoms with van der Waals surface area (Å²) in [5, 5.41) is 9.72. The molecule has 2 saturated carbocycles. The third-order valence-corrected chi connectivity index (χ3v) is 8.58. The third kappa shape index (κ3) is 4.66. The van der Waals surface area contributed by atoms with Gasteiger partial charge in [0.1, 0.15) is 11.4 Å². The monoisotopic (exact) mass is 519 g/mol. The number of ether oxygens (including phenoxy) is 1. The molecule has 0 bridgehead atoms. The topological polar surface area (TPSA) is 112 Å². The lowest BCUT2D eigenvalue weighted by Gasteiger charge is -2.31. The van der Waals surface area contributed by atoms with Crippen molar-refractivity contribution >= 4 is 35.0 Å². The molecule has 1 aromatic carbocycles. The first-order chi connectivity index (χ1) is 18.5. The maximum Gasteiger partial charge on any atom is 0.251 e. The zero-order valence-corrected chi connectivity index (χ0v) is 22.3. The van der Waals surface area contributed by atoms with E-state index in [2.05, 4.69) is 25.8 Å². The molecule has 2 amide bonds. The maximum absolute atomic E-state index is 13.3. The number of nitrogens with one attached hydrogen (secondary N) is 3. The van der Waals surface area contributed by atoms with Crippen molar-refractivity contribution in [3.63, 3.8) is 0 Å². The van der Waals surface area contributed by atoms with E-state index in [1.807, 2.05) is 13.1 Å². The Kier molecular flexibility index (Phi) is 6.59. The van der Waals surface area contributed by atoms with E-state index in [-0.39, 0.29) is 23.3 Å². The van der Waals surface area contributed by atoms with Gasteiger partial charge in [0.2, 0.25) is 11.9 Å². The Bertz CT molecular complexity index is 1220. The van der Waals surface area contributed by atoms with Gasteiger partial charge in [0.15, 0.2) is 5.82 Å². The van der Waals surface area contributed by atoms with Crippen LogP contribution in [0, 0.1) is 5.41 Å². The minimum Gasteiger partial charge on any atom is -0.495 e. The number of carbonyl (C=O) groups is 2. The fourth-order valence-electron chi connectivity index (χ4n) is 6.15. The molecule has 6 rings (SSSR count). The molecule has 3 fully saturated rings. The van der Waals surface area contributed by atoms with Gasteiger partial charge in [-0.25, -0.2) is 4.98 Å². The zero-order chi connectivity index (χ0) is 26.3. The van der Waals surface area contributed by atoms with Crippen LogP contribution in [0.15, 0.2) is 24.4 Å². The number of hydrogen-bond acceptors (Lipinski definition) is 8. The lowest BCUT2D eigenvalue weighted by Crippen LogP contribution is -2.45. The van der Waals surface area contributed by atoms with Crippen molar-refractivity contribution in [1.29, 1.82) is 0 Å². The normalized spacial score (nSPS) is 22.7. The second-order valence-electron chi connectivity index (χ2n) is 11.2. The largest absolute Gasteiger partial charge is 0.495 e. The highest BCUT2D eigenvalue weighted by Gasteiger charge is 2.55. The number of benzene rings is 1. The van der Waals surface area contributed by atoms with Gasteiger partial charge in [0, 0.05) is 37.8 Å². The molecule has 10 heteroatoms. The Morgan fingerprint density at radius 3 is 2.71 bits per heavy atom. The van der Waals surface area contributed by atoms with E-state index < -0.39 is 0 Å². The van der Waals surface area contributed by atoms with Crippen LogP contribution in [0.25, 0.3) is 0 Å². The van der Waals surface area contributed by atoms with Crippen molar-refractivity contribution in [2.75, 3.05) is 48.9 Å². The van der Waals surface area contributed by atoms with Crippen molar-refractivity contribution in [3.8, 4) is 5.75 Å². The molecule has 10 nitrogen and oxygen atoms in total. The molecule has 1 spiro atoms. The number of rotatable bonds is 6. The summed E-state index contributed by atoms with van der Waals surface area (Å²) in [7, 11) is 3.43. The smallest absolute Gasteiger partial charge is 0.251 e. The maximum atomic E-state index is 13.3. The van der Waals surface area contributed by atoms with Gasteiger partial charge in [-0.1, -0.05) is 12.8 Å². The quantitative estimate of drug-likeness (QED) is 0.534. The van der Waals surface area contributed by atoms with Crippen molar-refractivity contribution in [3.05, 3.63) is 30.0 Å². The molecule has 2 aromatic rings. The minimum atomic E-state index is -0.293. The molecule has 2 aliphatic carbocycles. The van der Waals surface area contributed by atoms with Gasteiger partial charge >= 0.3 is 0 Å². The molecule has 202 valence electrons. The number of nitrogens with zero attached hydrogens (tertiary/aromatic N) is 4. The standard InChI is InChI=1S/C28H37N7O3/c1-34-22-16-30-27(33-24(22)35(20-7-3-4-8-20)17-28(11-12-28)26(34)37)32-21-10-9-18(14-23(21)38-2)25(36)31-19-6-5-13-29-15-19/h9-10,14,16,19-20,29H,3-8,11-13,15,17H2,1-2H3,(H,31,36)(H,30,32,33). The van der Waals surface area contributed by atoms with Crippen LogP contribution in [-0.4, -0.2) is 67.7 Å². The molecule has 1 aromatic heterocycles. The van der Waals surface area contributed by atoms with Gasteiger partial charge in [-0.3, -0.25) is 9.59 Å². The molecule has 38 heavy (non-hydrogen) atoms. The summed E-state index contributed by atoms with van der Waals surface area (Å²) in [6.45, 7) is 2.50. The van der Waals surface area contributed by atoms with Gasteiger partial charge in [-0.2, -0.15) is 4.98 Å². The highest BCUT2D eigenvalue weighted by molar-refractivity contribution is 6.03. The molecule has 0 radical (unpaired) electrons. The lowest BCUT2D eigenvalue weighted by molar-refractivity contribution is -0.122. The Balaban J connectivity index is 1.26. The Morgan fingerprint density at radius 2 is 2.00 bits per heavy atom. The molecule has 1 atom stereocenters. The molecule has 1 saturated heterocycles. The van der Waals surface area contributed by atoms with Crippen LogP contribution in [0.2, 0.25) is 0 Å². The van der Waals surface area contributed by atoms with Crippen molar-refractivity contribution in [1.82, 2.24) is 20.6 Å². The van der Waals surface area contributed by atoms with Crippen molar-refractivity contribution < 1.29 is 14.3 Å². The van der Waals surface area contributed by atoms with E-state index in [4.69, 9.17) is 9.72 Å². The summed E-state index contributed by atoms with van der Waals surface area (Å²) in [6.07, 6.45) is 10.3. The molecule has 2 aliphatic heterocycles. The fourth-order valence-corrected chi connectivity index (χ4v) is 6.15. The first kappa shape index (κ1) is 24.9. The SMILES string of the molecule is COc1cc(C(=O)NC2CCCNC2)ccc1Nc1ncc2c(n1)N(C1CCCC1)CC1(CC1)C(=O)N2C. The summed E-state index contributed by atoms with van der Waals surface area (Å²) in [4.78, 5) is 39.8. The minimum absolute atomic E-state index is 0.112. The molecule has 1 unspecified atom stereocenters. The van der Waals surface area contributed by atoms with Gasteiger partial charge in [-0.15, -0.1) is 0 Å². The van der Waals surface area contributed by atoms with E-state index in [1.165, 1.54) is 12.8 Å². The number of anilines is 4. The summed E-state index contributed by atoms with van der Waals surface area (Å²) < 4.78 is 5.63. The van der Waals surface area contributed by atoms with Crippen molar-refractivity contribution in [2.24, 2.45) is 5.41 Å². The van der Waals surface area contributed by atoms with Gasteiger partial charge in [-0.05, 0) is 63.3 Å².